The molecule has 2 N–H and O–H groups in total. The Morgan fingerprint density at radius 2 is 1.44 bits per heavy atom. The highest BCUT2D eigenvalue weighted by atomic mass is 16.1. The van der Waals surface area contributed by atoms with Crippen LogP contribution in [-0.4, -0.2) is 5.91 Å². The number of hydrogen-bond donors (Lipinski definition) is 1. The molecule has 0 atom stereocenters. The van der Waals surface area contributed by atoms with E-state index in [0.717, 1.165) is 5.56 Å². The molecular weight excluding hydrogens is 306 g/mol. The van der Waals surface area contributed by atoms with Gasteiger partial charge in [-0.1, -0.05) is 68.9 Å². The predicted octanol–water partition coefficient (Wildman–Crippen LogP) is 6.03. The van der Waals surface area contributed by atoms with Gasteiger partial charge in [-0.05, 0) is 59.4 Å². The topological polar surface area (TPSA) is 43.1 Å². The van der Waals surface area contributed by atoms with Gasteiger partial charge in [0, 0.05) is 5.56 Å². The summed E-state index contributed by atoms with van der Waals surface area (Å²) in [5.41, 5.74) is 9.36. The molecule has 25 heavy (non-hydrogen) atoms. The molecule has 2 saturated carbocycles. The molecule has 0 heterocycles. The second-order valence-corrected chi connectivity index (χ2v) is 8.01. The molecule has 132 valence electrons. The predicted molar refractivity (Wildman–Crippen MR) is 104 cm³/mol. The minimum atomic E-state index is -0.216. The summed E-state index contributed by atoms with van der Waals surface area (Å²) in [7, 11) is 0. The van der Waals surface area contributed by atoms with Crippen LogP contribution in [0, 0.1) is 0 Å². The van der Waals surface area contributed by atoms with Crippen molar-refractivity contribution in [3.63, 3.8) is 0 Å². The molecule has 4 rings (SSSR count). The number of carbonyl (C=O) groups is 1. The minimum absolute atomic E-state index is 0.216. The number of rotatable bonds is 3. The van der Waals surface area contributed by atoms with Crippen molar-refractivity contribution >= 4 is 16.7 Å². The fourth-order valence-corrected chi connectivity index (χ4v) is 5.22. The molecule has 0 aliphatic heterocycles. The van der Waals surface area contributed by atoms with Crippen LogP contribution in [-0.2, 0) is 0 Å². The summed E-state index contributed by atoms with van der Waals surface area (Å²) >= 11 is 0. The molecule has 0 unspecified atom stereocenters. The molecule has 2 aliphatic rings. The first-order valence-corrected chi connectivity index (χ1v) is 10.1. The van der Waals surface area contributed by atoms with Gasteiger partial charge in [0.05, 0.1) is 0 Å². The van der Waals surface area contributed by atoms with E-state index in [-0.39, 0.29) is 5.91 Å². The normalized spacial score (nSPS) is 20.0. The zero-order chi connectivity index (χ0) is 17.2. The van der Waals surface area contributed by atoms with Crippen LogP contribution >= 0.6 is 0 Å². The Hall–Kier alpha value is -1.83. The van der Waals surface area contributed by atoms with Crippen molar-refractivity contribution < 1.29 is 4.79 Å². The highest BCUT2D eigenvalue weighted by Crippen LogP contribution is 2.43. The number of benzene rings is 2. The summed E-state index contributed by atoms with van der Waals surface area (Å²) in [5, 5.41) is 2.54. The van der Waals surface area contributed by atoms with E-state index in [1.807, 2.05) is 0 Å². The lowest BCUT2D eigenvalue weighted by molar-refractivity contribution is 0.0997. The molecule has 2 aliphatic carbocycles. The molecule has 2 fully saturated rings. The average molecular weight is 335 g/mol. The highest BCUT2D eigenvalue weighted by molar-refractivity contribution is 6.03. The number of amides is 1. The minimum Gasteiger partial charge on any atom is -0.366 e. The number of hydrogen-bond acceptors (Lipinski definition) is 1. The van der Waals surface area contributed by atoms with E-state index in [4.69, 9.17) is 5.73 Å². The largest absolute Gasteiger partial charge is 0.366 e. The van der Waals surface area contributed by atoms with Crippen molar-refractivity contribution in [2.75, 3.05) is 0 Å². The zero-order valence-electron chi connectivity index (χ0n) is 15.1. The Morgan fingerprint density at radius 3 is 2.08 bits per heavy atom. The van der Waals surface area contributed by atoms with Gasteiger partial charge in [0.25, 0.3) is 0 Å². The Kier molecular flexibility index (Phi) is 4.78. The lowest BCUT2D eigenvalue weighted by Gasteiger charge is -2.30. The fourth-order valence-electron chi connectivity index (χ4n) is 5.22. The third-order valence-corrected chi connectivity index (χ3v) is 6.42. The van der Waals surface area contributed by atoms with Gasteiger partial charge < -0.3 is 5.73 Å². The first-order chi connectivity index (χ1) is 12.3. The van der Waals surface area contributed by atoms with Crippen molar-refractivity contribution in [2.24, 2.45) is 5.73 Å². The SMILES string of the molecule is NC(=O)c1c(C2CCCCC2)cc2ccccc2c1C1CCCCC1. The average Bonchev–Trinajstić information content (AvgIpc) is 2.67. The Balaban J connectivity index is 1.94. The monoisotopic (exact) mass is 335 g/mol. The summed E-state index contributed by atoms with van der Waals surface area (Å²) < 4.78 is 0. The molecule has 1 amide bonds. The van der Waals surface area contributed by atoms with Gasteiger partial charge in [0.1, 0.15) is 0 Å². The van der Waals surface area contributed by atoms with Crippen LogP contribution in [0.15, 0.2) is 30.3 Å². The van der Waals surface area contributed by atoms with Crippen molar-refractivity contribution in [1.82, 2.24) is 0 Å². The lowest BCUT2D eigenvalue weighted by atomic mass is 9.74. The van der Waals surface area contributed by atoms with Crippen LogP contribution in [0.3, 0.4) is 0 Å². The number of carbonyl (C=O) groups excluding carboxylic acids is 1. The van der Waals surface area contributed by atoms with E-state index >= 15 is 0 Å². The van der Waals surface area contributed by atoms with Gasteiger partial charge in [-0.2, -0.15) is 0 Å². The van der Waals surface area contributed by atoms with E-state index in [1.165, 1.54) is 86.1 Å². The lowest BCUT2D eigenvalue weighted by Crippen LogP contribution is -2.22. The van der Waals surface area contributed by atoms with E-state index in [1.54, 1.807) is 0 Å². The molecule has 0 radical (unpaired) electrons. The van der Waals surface area contributed by atoms with Gasteiger partial charge in [0.15, 0.2) is 0 Å². The Labute approximate surface area is 150 Å². The van der Waals surface area contributed by atoms with Gasteiger partial charge in [0.2, 0.25) is 5.91 Å². The van der Waals surface area contributed by atoms with E-state index in [0.29, 0.717) is 11.8 Å². The van der Waals surface area contributed by atoms with Crippen LogP contribution in [0.25, 0.3) is 10.8 Å². The maximum atomic E-state index is 12.6. The van der Waals surface area contributed by atoms with E-state index < -0.39 is 0 Å². The second kappa shape index (κ2) is 7.19. The van der Waals surface area contributed by atoms with Gasteiger partial charge in [-0.25, -0.2) is 0 Å². The first-order valence-electron chi connectivity index (χ1n) is 10.1. The van der Waals surface area contributed by atoms with Gasteiger partial charge >= 0.3 is 0 Å². The van der Waals surface area contributed by atoms with Crippen LogP contribution in [0.5, 0.6) is 0 Å². The van der Waals surface area contributed by atoms with Gasteiger partial charge in [-0.15, -0.1) is 0 Å². The van der Waals surface area contributed by atoms with E-state index in [2.05, 4.69) is 30.3 Å². The molecule has 2 heteroatoms. The summed E-state index contributed by atoms with van der Waals surface area (Å²) in [6, 6.07) is 10.9. The fraction of sp³-hybridized carbons (Fsp3) is 0.522. The maximum absolute atomic E-state index is 12.6. The smallest absolute Gasteiger partial charge is 0.249 e. The maximum Gasteiger partial charge on any atom is 0.249 e. The first kappa shape index (κ1) is 16.6. The highest BCUT2D eigenvalue weighted by Gasteiger charge is 2.28. The quantitative estimate of drug-likeness (QED) is 0.730. The van der Waals surface area contributed by atoms with Crippen LogP contribution in [0.4, 0.5) is 0 Å². The number of primary amides is 1. The molecular formula is C23H29NO. The molecule has 0 saturated heterocycles. The molecule has 0 bridgehead atoms. The summed E-state index contributed by atoms with van der Waals surface area (Å²) in [6.45, 7) is 0. The molecule has 0 aromatic heterocycles. The molecule has 2 aromatic carbocycles. The summed E-state index contributed by atoms with van der Waals surface area (Å²) in [6.07, 6.45) is 12.5. The summed E-state index contributed by atoms with van der Waals surface area (Å²) in [4.78, 5) is 12.6. The molecule has 2 aromatic rings. The zero-order valence-corrected chi connectivity index (χ0v) is 15.1. The van der Waals surface area contributed by atoms with Crippen LogP contribution < -0.4 is 5.73 Å². The van der Waals surface area contributed by atoms with Crippen molar-refractivity contribution in [2.45, 2.75) is 76.0 Å². The van der Waals surface area contributed by atoms with Crippen molar-refractivity contribution in [3.8, 4) is 0 Å². The van der Waals surface area contributed by atoms with Crippen molar-refractivity contribution in [1.29, 1.82) is 0 Å². The molecule has 2 nitrogen and oxygen atoms in total. The number of nitrogens with two attached hydrogens (primary N) is 1. The third-order valence-electron chi connectivity index (χ3n) is 6.42. The van der Waals surface area contributed by atoms with E-state index in [9.17, 15) is 4.79 Å². The Bertz CT molecular complexity index is 767. The summed E-state index contributed by atoms with van der Waals surface area (Å²) in [5.74, 6) is 0.778. The Morgan fingerprint density at radius 1 is 0.840 bits per heavy atom. The molecule has 0 spiro atoms. The second-order valence-electron chi connectivity index (χ2n) is 8.01. The third kappa shape index (κ3) is 3.19. The van der Waals surface area contributed by atoms with Crippen LogP contribution in [0.1, 0.15) is 97.5 Å². The van der Waals surface area contributed by atoms with Crippen LogP contribution in [0.2, 0.25) is 0 Å². The number of fused-ring (bicyclic) bond motifs is 1. The van der Waals surface area contributed by atoms with Gasteiger partial charge in [-0.3, -0.25) is 4.79 Å². The van der Waals surface area contributed by atoms with Crippen molar-refractivity contribution in [3.05, 3.63) is 47.0 Å². The standard InChI is InChI=1S/C23H29NO/c24-23(25)22-20(16-9-3-1-4-10-16)15-18-13-7-8-14-19(18)21(22)17-11-5-2-6-12-17/h7-8,13-17H,1-6,9-12H2,(H2,24,25).